The van der Waals surface area contributed by atoms with E-state index in [9.17, 15) is 0 Å². The van der Waals surface area contributed by atoms with Crippen LogP contribution in [0.1, 0.15) is 5.56 Å². The smallest absolute Gasteiger partial charge is 0.212 e. The molecule has 0 atom stereocenters. The zero-order valence-corrected chi connectivity index (χ0v) is 8.08. The van der Waals surface area contributed by atoms with E-state index in [-0.39, 0.29) is 18.3 Å². The molecular weight excluding hydrogens is 197 g/mol. The Hall–Kier alpha value is -0.730. The van der Waals surface area contributed by atoms with Crippen LogP contribution >= 0.6 is 24.0 Å². The molecule has 1 aromatic rings. The van der Waals surface area contributed by atoms with Crippen LogP contribution in [0.4, 0.5) is 0 Å². The standard InChI is InChI=1S/C8H8ClNO.ClH/c1-11-8(10)6-3-2-4-7(9)5-6;/h2-5,10H,1H3;1H. The van der Waals surface area contributed by atoms with Gasteiger partial charge in [-0.05, 0) is 18.2 Å². The highest BCUT2D eigenvalue weighted by Crippen LogP contribution is 2.10. The summed E-state index contributed by atoms with van der Waals surface area (Å²) in [6, 6.07) is 7.00. The molecule has 0 radical (unpaired) electrons. The summed E-state index contributed by atoms with van der Waals surface area (Å²) < 4.78 is 4.72. The first kappa shape index (κ1) is 11.3. The maximum atomic E-state index is 7.29. The van der Waals surface area contributed by atoms with Gasteiger partial charge in [0.25, 0.3) is 0 Å². The Bertz CT molecular complexity index is 276. The van der Waals surface area contributed by atoms with Gasteiger partial charge in [0.2, 0.25) is 5.90 Å². The van der Waals surface area contributed by atoms with Crippen molar-refractivity contribution in [3.05, 3.63) is 34.9 Å². The zero-order valence-electron chi connectivity index (χ0n) is 6.50. The Morgan fingerprint density at radius 3 is 2.67 bits per heavy atom. The highest BCUT2D eigenvalue weighted by atomic mass is 35.5. The fraction of sp³-hybridized carbons (Fsp3) is 0.125. The first-order valence-electron chi connectivity index (χ1n) is 3.12. The van der Waals surface area contributed by atoms with Gasteiger partial charge in [-0.3, -0.25) is 5.41 Å². The van der Waals surface area contributed by atoms with Crippen molar-refractivity contribution >= 4 is 29.9 Å². The molecule has 0 unspecified atom stereocenters. The molecule has 0 saturated heterocycles. The van der Waals surface area contributed by atoms with Gasteiger partial charge in [0.15, 0.2) is 0 Å². The lowest BCUT2D eigenvalue weighted by Gasteiger charge is -2.00. The molecule has 0 saturated carbocycles. The Morgan fingerprint density at radius 2 is 2.17 bits per heavy atom. The highest BCUT2D eigenvalue weighted by Gasteiger charge is 1.99. The SMILES string of the molecule is COC(=N)c1cccc(Cl)c1.Cl. The molecule has 0 aromatic heterocycles. The van der Waals surface area contributed by atoms with Gasteiger partial charge in [0.1, 0.15) is 0 Å². The van der Waals surface area contributed by atoms with E-state index >= 15 is 0 Å². The molecule has 0 amide bonds. The van der Waals surface area contributed by atoms with Crippen LogP contribution in [0.2, 0.25) is 5.02 Å². The third-order valence-corrected chi connectivity index (χ3v) is 1.53. The van der Waals surface area contributed by atoms with Crippen molar-refractivity contribution in [2.45, 2.75) is 0 Å². The molecule has 0 spiro atoms. The van der Waals surface area contributed by atoms with Crippen molar-refractivity contribution in [1.82, 2.24) is 0 Å². The molecule has 1 rings (SSSR count). The average Bonchev–Trinajstić information content (AvgIpc) is 2.03. The largest absolute Gasteiger partial charge is 0.481 e. The fourth-order valence-corrected chi connectivity index (χ4v) is 0.938. The van der Waals surface area contributed by atoms with Crippen molar-refractivity contribution < 1.29 is 4.74 Å². The lowest BCUT2D eigenvalue weighted by atomic mass is 10.2. The molecule has 0 heterocycles. The Balaban J connectivity index is 0.00000121. The Kier molecular flexibility index (Phi) is 4.71. The molecule has 0 fully saturated rings. The molecule has 66 valence electrons. The lowest BCUT2D eigenvalue weighted by Crippen LogP contribution is -2.00. The van der Waals surface area contributed by atoms with E-state index in [1.807, 2.05) is 0 Å². The first-order chi connectivity index (χ1) is 5.24. The molecular formula is C8H9Cl2NO. The zero-order chi connectivity index (χ0) is 8.27. The van der Waals surface area contributed by atoms with E-state index in [2.05, 4.69) is 0 Å². The van der Waals surface area contributed by atoms with Crippen molar-refractivity contribution in [3.8, 4) is 0 Å². The number of nitrogens with one attached hydrogen (secondary N) is 1. The van der Waals surface area contributed by atoms with Crippen molar-refractivity contribution in [1.29, 1.82) is 5.41 Å². The van der Waals surface area contributed by atoms with E-state index in [0.29, 0.717) is 10.6 Å². The number of halogens is 2. The number of hydrogen-bond donors (Lipinski definition) is 1. The summed E-state index contributed by atoms with van der Waals surface area (Å²) in [5.74, 6) is 0.132. The molecule has 4 heteroatoms. The van der Waals surface area contributed by atoms with Gasteiger partial charge < -0.3 is 4.74 Å². The fourth-order valence-electron chi connectivity index (χ4n) is 0.748. The topological polar surface area (TPSA) is 33.1 Å². The van der Waals surface area contributed by atoms with Gasteiger partial charge in [-0.15, -0.1) is 12.4 Å². The number of ether oxygens (including phenoxy) is 1. The number of hydrogen-bond acceptors (Lipinski definition) is 2. The molecule has 0 aliphatic heterocycles. The van der Waals surface area contributed by atoms with Crippen LogP contribution in [0.15, 0.2) is 24.3 Å². The van der Waals surface area contributed by atoms with Crippen LogP contribution in [0.25, 0.3) is 0 Å². The number of benzene rings is 1. The lowest BCUT2D eigenvalue weighted by molar-refractivity contribution is 0.401. The summed E-state index contributed by atoms with van der Waals surface area (Å²) >= 11 is 5.69. The van der Waals surface area contributed by atoms with E-state index < -0.39 is 0 Å². The molecule has 0 bridgehead atoms. The second kappa shape index (κ2) is 5.01. The van der Waals surface area contributed by atoms with Crippen molar-refractivity contribution in [3.63, 3.8) is 0 Å². The van der Waals surface area contributed by atoms with Crippen LogP contribution in [-0.2, 0) is 4.74 Å². The normalized spacial score (nSPS) is 8.50. The van der Waals surface area contributed by atoms with E-state index in [1.54, 1.807) is 24.3 Å². The average molecular weight is 206 g/mol. The second-order valence-electron chi connectivity index (χ2n) is 2.04. The summed E-state index contributed by atoms with van der Waals surface area (Å²) in [5.41, 5.74) is 0.694. The van der Waals surface area contributed by atoms with Gasteiger partial charge in [-0.25, -0.2) is 0 Å². The van der Waals surface area contributed by atoms with Crippen LogP contribution < -0.4 is 0 Å². The highest BCUT2D eigenvalue weighted by molar-refractivity contribution is 6.30. The minimum atomic E-state index is 0. The first-order valence-corrected chi connectivity index (χ1v) is 3.50. The third-order valence-electron chi connectivity index (χ3n) is 1.29. The van der Waals surface area contributed by atoms with Gasteiger partial charge in [-0.1, -0.05) is 17.7 Å². The maximum absolute atomic E-state index is 7.29. The van der Waals surface area contributed by atoms with E-state index in [4.69, 9.17) is 21.7 Å². The molecule has 0 aliphatic rings. The third kappa shape index (κ3) is 2.72. The Morgan fingerprint density at radius 1 is 1.50 bits per heavy atom. The predicted molar refractivity (Wildman–Crippen MR) is 52.5 cm³/mol. The van der Waals surface area contributed by atoms with Gasteiger partial charge in [-0.2, -0.15) is 0 Å². The monoisotopic (exact) mass is 205 g/mol. The minimum absolute atomic E-state index is 0. The van der Waals surface area contributed by atoms with Crippen molar-refractivity contribution in [2.75, 3.05) is 7.11 Å². The second-order valence-corrected chi connectivity index (χ2v) is 2.48. The minimum Gasteiger partial charge on any atom is -0.481 e. The van der Waals surface area contributed by atoms with Gasteiger partial charge in [0.05, 0.1) is 7.11 Å². The summed E-state index contributed by atoms with van der Waals surface area (Å²) in [6.45, 7) is 0. The van der Waals surface area contributed by atoms with Crippen LogP contribution in [-0.4, -0.2) is 13.0 Å². The summed E-state index contributed by atoms with van der Waals surface area (Å²) in [4.78, 5) is 0. The van der Waals surface area contributed by atoms with Crippen LogP contribution in [0.3, 0.4) is 0 Å². The van der Waals surface area contributed by atoms with Crippen LogP contribution in [0, 0.1) is 5.41 Å². The van der Waals surface area contributed by atoms with E-state index in [0.717, 1.165) is 0 Å². The Labute approximate surface area is 82.4 Å². The van der Waals surface area contributed by atoms with Gasteiger partial charge >= 0.3 is 0 Å². The molecule has 1 N–H and O–H groups in total. The van der Waals surface area contributed by atoms with Gasteiger partial charge in [0, 0.05) is 10.6 Å². The summed E-state index contributed by atoms with van der Waals surface area (Å²) in [7, 11) is 1.46. The quantitative estimate of drug-likeness (QED) is 0.556. The van der Waals surface area contributed by atoms with Crippen LogP contribution in [0.5, 0.6) is 0 Å². The number of methoxy groups -OCH3 is 1. The number of rotatable bonds is 1. The molecule has 2 nitrogen and oxygen atoms in total. The molecule has 0 aliphatic carbocycles. The molecule has 12 heavy (non-hydrogen) atoms. The maximum Gasteiger partial charge on any atom is 0.212 e. The van der Waals surface area contributed by atoms with Crippen molar-refractivity contribution in [2.24, 2.45) is 0 Å². The summed E-state index contributed by atoms with van der Waals surface area (Å²) in [5, 5.41) is 7.91. The van der Waals surface area contributed by atoms with E-state index in [1.165, 1.54) is 7.11 Å². The molecule has 1 aromatic carbocycles. The summed E-state index contributed by atoms with van der Waals surface area (Å²) in [6.07, 6.45) is 0. The predicted octanol–water partition coefficient (Wildman–Crippen LogP) is 2.73.